The number of nitrogens with zero attached hydrogens (tertiary/aromatic N) is 1. The summed E-state index contributed by atoms with van der Waals surface area (Å²) in [6, 6.07) is 7.13. The first kappa shape index (κ1) is 14.7. The molecule has 1 aromatic rings. The predicted octanol–water partition coefficient (Wildman–Crippen LogP) is 4.36. The summed E-state index contributed by atoms with van der Waals surface area (Å²) in [5, 5.41) is 0.559. The molecule has 0 spiro atoms. The third-order valence-corrected chi connectivity index (χ3v) is 6.80. The van der Waals surface area contributed by atoms with Gasteiger partial charge in [0.15, 0.2) is 0 Å². The molecule has 2 saturated carbocycles. The van der Waals surface area contributed by atoms with E-state index in [1.807, 2.05) is 6.07 Å². The Morgan fingerprint density at radius 2 is 1.50 bits per heavy atom. The maximum absolute atomic E-state index is 13.2. The summed E-state index contributed by atoms with van der Waals surface area (Å²) in [6.45, 7) is 0. The van der Waals surface area contributed by atoms with Crippen molar-refractivity contribution in [1.29, 1.82) is 0 Å². The summed E-state index contributed by atoms with van der Waals surface area (Å²) in [6.07, 6.45) is 6.73. The summed E-state index contributed by atoms with van der Waals surface area (Å²) in [7, 11) is 0. The van der Waals surface area contributed by atoms with Crippen LogP contribution in [0.5, 0.6) is 0 Å². The van der Waals surface area contributed by atoms with Gasteiger partial charge in [-0.1, -0.05) is 28.8 Å². The van der Waals surface area contributed by atoms with Crippen molar-refractivity contribution in [2.45, 2.75) is 38.5 Å². The van der Waals surface area contributed by atoms with Gasteiger partial charge in [-0.25, -0.2) is 4.90 Å². The third-order valence-electron chi connectivity index (χ3n) is 6.56. The molecule has 1 saturated heterocycles. The van der Waals surface area contributed by atoms with Gasteiger partial charge in [-0.05, 0) is 68.6 Å². The lowest BCUT2D eigenvalue weighted by molar-refractivity contribution is -0.122. The van der Waals surface area contributed by atoms with Crippen LogP contribution in [0.4, 0.5) is 5.69 Å². The monoisotopic (exact) mass is 341 g/mol. The maximum Gasteiger partial charge on any atom is 0.238 e. The fraction of sp³-hybridized carbons (Fsp3) is 0.500. The van der Waals surface area contributed by atoms with Crippen LogP contribution in [0.1, 0.15) is 38.5 Å². The second-order valence-corrected chi connectivity index (χ2v) is 8.03. The van der Waals surface area contributed by atoms with E-state index in [9.17, 15) is 9.59 Å². The number of halogens is 1. The van der Waals surface area contributed by atoms with E-state index in [1.54, 1.807) is 18.2 Å². The van der Waals surface area contributed by atoms with Gasteiger partial charge in [-0.2, -0.15) is 0 Å². The van der Waals surface area contributed by atoms with Gasteiger partial charge in [0, 0.05) is 5.02 Å². The van der Waals surface area contributed by atoms with Crippen molar-refractivity contribution < 1.29 is 9.59 Å². The second kappa shape index (κ2) is 5.19. The lowest BCUT2D eigenvalue weighted by atomic mass is 9.66. The highest BCUT2D eigenvalue weighted by Crippen LogP contribution is 2.57. The normalized spacial score (nSPS) is 34.6. The zero-order valence-electron chi connectivity index (χ0n) is 13.5. The number of carbonyl (C=O) groups is 2. The van der Waals surface area contributed by atoms with E-state index in [2.05, 4.69) is 0 Å². The number of imide groups is 1. The number of benzene rings is 1. The molecule has 3 nitrogen and oxygen atoms in total. The number of carbonyl (C=O) groups excluding carboxylic acids is 2. The fourth-order valence-electron chi connectivity index (χ4n) is 5.76. The number of hydrogen-bond acceptors (Lipinski definition) is 2. The molecule has 2 amide bonds. The van der Waals surface area contributed by atoms with E-state index in [0.29, 0.717) is 22.5 Å². The first-order valence-corrected chi connectivity index (χ1v) is 9.40. The SMILES string of the molecule is O=C1[C@@H]2[C@H](C(=O)N1c1cccc(Cl)c1)[C@H]1CCCC1=C1CCC[C@H]12. The van der Waals surface area contributed by atoms with Gasteiger partial charge in [0.05, 0.1) is 17.5 Å². The quantitative estimate of drug-likeness (QED) is 0.562. The average molecular weight is 342 g/mol. The zero-order chi connectivity index (χ0) is 16.4. The number of hydrogen-bond donors (Lipinski definition) is 0. The van der Waals surface area contributed by atoms with Crippen molar-refractivity contribution in [3.05, 3.63) is 40.4 Å². The molecule has 0 radical (unpaired) electrons. The summed E-state index contributed by atoms with van der Waals surface area (Å²) < 4.78 is 0. The smallest absolute Gasteiger partial charge is 0.238 e. The molecule has 1 aliphatic heterocycles. The van der Waals surface area contributed by atoms with Crippen LogP contribution in [0.25, 0.3) is 0 Å². The summed E-state index contributed by atoms with van der Waals surface area (Å²) >= 11 is 6.09. The van der Waals surface area contributed by atoms with E-state index in [0.717, 1.165) is 38.5 Å². The molecular formula is C20H20ClNO2. The molecule has 0 aromatic heterocycles. The number of anilines is 1. The highest BCUT2D eigenvalue weighted by Gasteiger charge is 2.59. The Hall–Kier alpha value is -1.61. The minimum atomic E-state index is -0.138. The zero-order valence-corrected chi connectivity index (χ0v) is 14.3. The summed E-state index contributed by atoms with van der Waals surface area (Å²) in [5.41, 5.74) is 3.70. The predicted molar refractivity (Wildman–Crippen MR) is 92.6 cm³/mol. The van der Waals surface area contributed by atoms with Crippen LogP contribution in [-0.4, -0.2) is 11.8 Å². The first-order chi connectivity index (χ1) is 11.7. The average Bonchev–Trinajstić information content (AvgIpc) is 3.25. The molecule has 0 N–H and O–H groups in total. The molecule has 5 rings (SSSR count). The van der Waals surface area contributed by atoms with Crippen molar-refractivity contribution in [2.24, 2.45) is 23.7 Å². The number of fused-ring (bicyclic) bond motifs is 5. The van der Waals surface area contributed by atoms with Crippen LogP contribution < -0.4 is 4.90 Å². The minimum Gasteiger partial charge on any atom is -0.274 e. The van der Waals surface area contributed by atoms with Crippen LogP contribution in [0.15, 0.2) is 35.4 Å². The first-order valence-electron chi connectivity index (χ1n) is 9.02. The van der Waals surface area contributed by atoms with Crippen LogP contribution in [0.3, 0.4) is 0 Å². The largest absolute Gasteiger partial charge is 0.274 e. The molecule has 24 heavy (non-hydrogen) atoms. The molecule has 1 aromatic carbocycles. The highest BCUT2D eigenvalue weighted by atomic mass is 35.5. The van der Waals surface area contributed by atoms with Crippen molar-refractivity contribution in [2.75, 3.05) is 4.90 Å². The number of rotatable bonds is 1. The molecule has 1 heterocycles. The lowest BCUT2D eigenvalue weighted by Gasteiger charge is -2.34. The van der Waals surface area contributed by atoms with Gasteiger partial charge in [-0.3, -0.25) is 9.59 Å². The Kier molecular flexibility index (Phi) is 3.18. The van der Waals surface area contributed by atoms with Crippen LogP contribution in [0, 0.1) is 23.7 Å². The topological polar surface area (TPSA) is 37.4 Å². The van der Waals surface area contributed by atoms with Gasteiger partial charge >= 0.3 is 0 Å². The molecule has 0 unspecified atom stereocenters. The van der Waals surface area contributed by atoms with Crippen molar-refractivity contribution >= 4 is 29.1 Å². The van der Waals surface area contributed by atoms with Gasteiger partial charge in [-0.15, -0.1) is 0 Å². The second-order valence-electron chi connectivity index (χ2n) is 7.59. The Bertz CT molecular complexity index is 742. The molecule has 124 valence electrons. The van der Waals surface area contributed by atoms with Gasteiger partial charge in [0.25, 0.3) is 0 Å². The Morgan fingerprint density at radius 3 is 2.04 bits per heavy atom. The van der Waals surface area contributed by atoms with Crippen molar-refractivity contribution in [3.8, 4) is 0 Å². The Labute approximate surface area is 146 Å². The van der Waals surface area contributed by atoms with Crippen molar-refractivity contribution in [3.63, 3.8) is 0 Å². The standard InChI is InChI=1S/C20H20ClNO2/c21-11-4-1-5-12(10-11)22-19(23)17-15-8-2-6-13(15)14-7-3-9-16(14)18(17)20(22)24/h1,4-5,10,15-18H,2-3,6-9H2/t15-,16+,17+,18-. The fourth-order valence-corrected chi connectivity index (χ4v) is 5.95. The van der Waals surface area contributed by atoms with E-state index >= 15 is 0 Å². The van der Waals surface area contributed by atoms with E-state index in [4.69, 9.17) is 11.6 Å². The van der Waals surface area contributed by atoms with Gasteiger partial charge in [0.2, 0.25) is 11.8 Å². The third kappa shape index (κ3) is 1.85. The molecule has 4 heteroatoms. The Morgan fingerprint density at radius 1 is 0.917 bits per heavy atom. The molecule has 0 bridgehead atoms. The maximum atomic E-state index is 13.2. The highest BCUT2D eigenvalue weighted by molar-refractivity contribution is 6.31. The molecule has 3 aliphatic carbocycles. The Balaban J connectivity index is 1.61. The number of allylic oxidation sites excluding steroid dienone is 2. The van der Waals surface area contributed by atoms with Crippen LogP contribution in [-0.2, 0) is 9.59 Å². The van der Waals surface area contributed by atoms with E-state index in [-0.39, 0.29) is 23.7 Å². The minimum absolute atomic E-state index is 0.00242. The molecule has 4 aliphatic rings. The summed E-state index contributed by atoms with van der Waals surface area (Å²) in [4.78, 5) is 27.9. The van der Waals surface area contributed by atoms with Gasteiger partial charge < -0.3 is 0 Å². The molecule has 3 fully saturated rings. The molecular weight excluding hydrogens is 322 g/mol. The van der Waals surface area contributed by atoms with E-state index < -0.39 is 0 Å². The van der Waals surface area contributed by atoms with Gasteiger partial charge in [0.1, 0.15) is 0 Å². The van der Waals surface area contributed by atoms with Crippen LogP contribution >= 0.6 is 11.6 Å². The van der Waals surface area contributed by atoms with Crippen molar-refractivity contribution in [1.82, 2.24) is 0 Å². The number of amides is 2. The van der Waals surface area contributed by atoms with E-state index in [1.165, 1.54) is 16.0 Å². The molecule has 4 atom stereocenters. The van der Waals surface area contributed by atoms with Crippen LogP contribution in [0.2, 0.25) is 5.02 Å². The lowest BCUT2D eigenvalue weighted by Crippen LogP contribution is -2.35. The summed E-state index contributed by atoms with van der Waals surface area (Å²) in [5.74, 6) is 0.340.